The van der Waals surface area contributed by atoms with Crippen molar-refractivity contribution in [3.63, 3.8) is 0 Å². The minimum Gasteiger partial charge on any atom is -0.486 e. The number of rotatable bonds is 6. The van der Waals surface area contributed by atoms with Crippen LogP contribution in [0.2, 0.25) is 5.02 Å². The first-order valence-corrected chi connectivity index (χ1v) is 12.2. The van der Waals surface area contributed by atoms with E-state index < -0.39 is 10.0 Å². The van der Waals surface area contributed by atoms with Crippen molar-refractivity contribution in [3.8, 4) is 11.5 Å². The monoisotopic (exact) mass is 469 g/mol. The predicted molar refractivity (Wildman–Crippen MR) is 114 cm³/mol. The largest absolute Gasteiger partial charge is 0.486 e. The number of nitrogens with one attached hydrogen (secondary N) is 1. The summed E-state index contributed by atoms with van der Waals surface area (Å²) in [6.45, 7) is 1.98. The highest BCUT2D eigenvalue weighted by Gasteiger charge is 2.27. The fraction of sp³-hybridized carbons (Fsp3) is 0.368. The van der Waals surface area contributed by atoms with Crippen LogP contribution in [0, 0.1) is 0 Å². The molecular weight excluding hydrogens is 450 g/mol. The first-order chi connectivity index (χ1) is 14.4. The van der Waals surface area contributed by atoms with E-state index in [1.54, 1.807) is 18.2 Å². The van der Waals surface area contributed by atoms with Crippen LogP contribution in [0.3, 0.4) is 0 Å². The number of anilines is 1. The van der Waals surface area contributed by atoms with Gasteiger partial charge in [-0.05, 0) is 25.0 Å². The molecule has 0 aliphatic carbocycles. The third-order valence-electron chi connectivity index (χ3n) is 4.67. The van der Waals surface area contributed by atoms with E-state index in [0.717, 1.165) is 12.8 Å². The molecule has 0 bridgehead atoms. The molecule has 30 heavy (non-hydrogen) atoms. The van der Waals surface area contributed by atoms with Crippen molar-refractivity contribution in [1.82, 2.24) is 9.29 Å². The Hall–Kier alpha value is -2.01. The lowest BCUT2D eigenvalue weighted by Gasteiger charge is -2.20. The topological polar surface area (TPSA) is 97.8 Å². The lowest BCUT2D eigenvalue weighted by Crippen LogP contribution is -2.27. The number of thioether (sulfide) groups is 1. The highest BCUT2D eigenvalue weighted by atomic mass is 35.5. The van der Waals surface area contributed by atoms with Gasteiger partial charge in [-0.15, -0.1) is 0 Å². The van der Waals surface area contributed by atoms with Gasteiger partial charge in [0.2, 0.25) is 15.9 Å². The molecule has 1 saturated heterocycles. The molecular formula is C19H20ClN3O5S2. The first-order valence-electron chi connectivity index (χ1n) is 9.41. The number of ether oxygens (including phenoxy) is 2. The molecule has 0 radical (unpaired) electrons. The van der Waals surface area contributed by atoms with Gasteiger partial charge in [-0.3, -0.25) is 4.79 Å². The Kier molecular flexibility index (Phi) is 6.37. The highest BCUT2D eigenvalue weighted by molar-refractivity contribution is 7.99. The maximum Gasteiger partial charge on any atom is 0.244 e. The average molecular weight is 470 g/mol. The fourth-order valence-corrected chi connectivity index (χ4v) is 5.47. The fourth-order valence-electron chi connectivity index (χ4n) is 3.17. The Morgan fingerprint density at radius 1 is 1.17 bits per heavy atom. The number of aromatic nitrogens is 1. The van der Waals surface area contributed by atoms with E-state index in [1.807, 2.05) is 0 Å². The number of carbonyl (C=O) groups is 1. The Morgan fingerprint density at radius 2 is 1.87 bits per heavy atom. The molecule has 4 rings (SSSR count). The second kappa shape index (κ2) is 9.01. The molecule has 1 aromatic carbocycles. The van der Waals surface area contributed by atoms with Gasteiger partial charge in [-0.25, -0.2) is 13.4 Å². The van der Waals surface area contributed by atoms with Gasteiger partial charge >= 0.3 is 0 Å². The number of sulfonamides is 1. The third-order valence-corrected chi connectivity index (χ3v) is 7.81. The molecule has 11 heteroatoms. The molecule has 1 amide bonds. The van der Waals surface area contributed by atoms with E-state index in [1.165, 1.54) is 28.3 Å². The van der Waals surface area contributed by atoms with E-state index in [9.17, 15) is 13.2 Å². The number of benzene rings is 1. The summed E-state index contributed by atoms with van der Waals surface area (Å²) >= 11 is 7.41. The van der Waals surface area contributed by atoms with Gasteiger partial charge in [0, 0.05) is 31.4 Å². The van der Waals surface area contributed by atoms with Crippen LogP contribution in [0.1, 0.15) is 12.8 Å². The molecule has 0 atom stereocenters. The van der Waals surface area contributed by atoms with Crippen molar-refractivity contribution in [1.29, 1.82) is 0 Å². The van der Waals surface area contributed by atoms with Gasteiger partial charge < -0.3 is 14.8 Å². The summed E-state index contributed by atoms with van der Waals surface area (Å²) in [6.07, 6.45) is 3.10. The van der Waals surface area contributed by atoms with Gasteiger partial charge in [0.15, 0.2) is 11.5 Å². The lowest BCUT2D eigenvalue weighted by atomic mass is 10.2. The van der Waals surface area contributed by atoms with Crippen molar-refractivity contribution in [2.75, 3.05) is 37.4 Å². The Balaban J connectivity index is 1.35. The summed E-state index contributed by atoms with van der Waals surface area (Å²) in [5, 5.41) is 3.65. The number of amides is 1. The number of carbonyl (C=O) groups excluding carboxylic acids is 1. The van der Waals surface area contributed by atoms with Crippen molar-refractivity contribution >= 4 is 45.0 Å². The molecule has 1 fully saturated rings. The quantitative estimate of drug-likeness (QED) is 0.649. The van der Waals surface area contributed by atoms with E-state index in [2.05, 4.69) is 10.3 Å². The summed E-state index contributed by atoms with van der Waals surface area (Å²) in [5.41, 5.74) is 0.437. The average Bonchev–Trinajstić information content (AvgIpc) is 3.29. The molecule has 0 unspecified atom stereocenters. The number of pyridine rings is 1. The zero-order valence-corrected chi connectivity index (χ0v) is 18.4. The number of fused-ring (bicyclic) bond motifs is 1. The van der Waals surface area contributed by atoms with E-state index in [-0.39, 0.29) is 16.6 Å². The third kappa shape index (κ3) is 4.66. The zero-order valence-electron chi connectivity index (χ0n) is 16.0. The first kappa shape index (κ1) is 21.2. The summed E-state index contributed by atoms with van der Waals surface area (Å²) in [7, 11) is -3.49. The lowest BCUT2D eigenvalue weighted by molar-refractivity contribution is -0.113. The summed E-state index contributed by atoms with van der Waals surface area (Å²) in [5.74, 6) is 0.904. The minimum absolute atomic E-state index is 0.0932. The van der Waals surface area contributed by atoms with E-state index in [0.29, 0.717) is 53.5 Å². The number of halogens is 1. The van der Waals surface area contributed by atoms with E-state index in [4.69, 9.17) is 21.1 Å². The van der Waals surface area contributed by atoms with Gasteiger partial charge in [0.1, 0.15) is 18.1 Å². The molecule has 0 saturated carbocycles. The minimum atomic E-state index is -3.49. The van der Waals surface area contributed by atoms with E-state index >= 15 is 0 Å². The predicted octanol–water partition coefficient (Wildman–Crippen LogP) is 3.02. The number of nitrogens with zero attached hydrogens (tertiary/aromatic N) is 2. The van der Waals surface area contributed by atoms with Crippen molar-refractivity contribution < 1.29 is 22.7 Å². The van der Waals surface area contributed by atoms with Crippen molar-refractivity contribution in [2.45, 2.75) is 22.8 Å². The summed E-state index contributed by atoms with van der Waals surface area (Å²) < 4.78 is 37.5. The molecule has 160 valence electrons. The second-order valence-corrected chi connectivity index (χ2v) is 10.1. The van der Waals surface area contributed by atoms with Crippen molar-refractivity contribution in [2.24, 2.45) is 0 Å². The van der Waals surface area contributed by atoms with Crippen LogP contribution in [0.5, 0.6) is 11.5 Å². The Bertz CT molecular complexity index is 1040. The highest BCUT2D eigenvalue weighted by Crippen LogP contribution is 2.38. The zero-order chi connectivity index (χ0) is 21.1. The van der Waals surface area contributed by atoms with Crippen LogP contribution in [0.15, 0.2) is 40.4 Å². The maximum absolute atomic E-state index is 12.5. The SMILES string of the molecule is O=C(CSc1ccc(S(=O)(=O)N2CCCC2)cn1)Nc1cc2c(cc1Cl)OCCO2. The van der Waals surface area contributed by atoms with Gasteiger partial charge in [0.25, 0.3) is 0 Å². The molecule has 2 aliphatic heterocycles. The van der Waals surface area contributed by atoms with Gasteiger partial charge in [-0.1, -0.05) is 23.4 Å². The van der Waals surface area contributed by atoms with Crippen LogP contribution >= 0.6 is 23.4 Å². The molecule has 8 nitrogen and oxygen atoms in total. The summed E-state index contributed by atoms with van der Waals surface area (Å²) in [6, 6.07) is 6.38. The van der Waals surface area contributed by atoms with Crippen LogP contribution in [0.25, 0.3) is 0 Å². The normalized spacial score (nSPS) is 16.4. The van der Waals surface area contributed by atoms with Crippen LogP contribution in [-0.4, -0.2) is 55.7 Å². The Labute approximate surface area is 184 Å². The standard InChI is InChI=1S/C19H20ClN3O5S2/c20-14-9-16-17(28-8-7-27-16)10-15(14)22-18(24)12-29-19-4-3-13(11-21-19)30(25,26)23-5-1-2-6-23/h3-4,9-11H,1-2,5-8,12H2,(H,22,24). The molecule has 1 aromatic heterocycles. The number of hydrogen-bond donors (Lipinski definition) is 1. The summed E-state index contributed by atoms with van der Waals surface area (Å²) in [4.78, 5) is 16.7. The molecule has 2 aliphatic rings. The van der Waals surface area contributed by atoms with Gasteiger partial charge in [-0.2, -0.15) is 4.31 Å². The van der Waals surface area contributed by atoms with Crippen LogP contribution in [0.4, 0.5) is 5.69 Å². The van der Waals surface area contributed by atoms with Crippen LogP contribution in [-0.2, 0) is 14.8 Å². The smallest absolute Gasteiger partial charge is 0.244 e. The van der Waals surface area contributed by atoms with Gasteiger partial charge in [0.05, 0.1) is 21.5 Å². The number of hydrogen-bond acceptors (Lipinski definition) is 7. The Morgan fingerprint density at radius 3 is 2.53 bits per heavy atom. The van der Waals surface area contributed by atoms with Crippen LogP contribution < -0.4 is 14.8 Å². The molecule has 2 aromatic rings. The molecule has 1 N–H and O–H groups in total. The van der Waals surface area contributed by atoms with Crippen molar-refractivity contribution in [3.05, 3.63) is 35.5 Å². The second-order valence-electron chi connectivity index (χ2n) is 6.76. The molecule has 3 heterocycles. The maximum atomic E-state index is 12.5. The molecule has 0 spiro atoms.